The second kappa shape index (κ2) is 27.8. The normalized spacial score (nSPS) is 11.8. The van der Waals surface area contributed by atoms with Gasteiger partial charge in [0.2, 0.25) is 17.8 Å². The molecule has 0 saturated heterocycles. The van der Waals surface area contributed by atoms with Gasteiger partial charge in [-0.25, -0.2) is 27.9 Å². The molecule has 84 heavy (non-hydrogen) atoms. The van der Waals surface area contributed by atoms with E-state index in [2.05, 4.69) is 79.8 Å². The standard InChI is InChI=1S/C31H40N8O4S.C28H38N8O3S/c1-8-30(40)33-25-19-26(29(43-7)20-28(25)37(6)17-18-38(9-2)10-3)35-31-32-16-15-24(34-31)23-21-39(44(41,42)36(4)5)27-14-12-11-13-22(23)27;1-7-35(8-2)16-15-34(5)26-18-27(39-6)24(17-22(26)29)32-28-30-14-13-23(31-28)21-19-36(40(37,38)33(3)4)25-12-10-9-11-20(21)25/h8,11-16,19-21H,1,9-10,17-18H2,2-7H3,(H,33,40)(H,32,34,35);9-14,17-19H,7-8,15-16,29H2,1-6H3,(H,30,31,32). The average molecular weight is 1190 g/mol. The number of amides is 1. The molecule has 0 unspecified atom stereocenters. The first kappa shape index (κ1) is 63.3. The highest BCUT2D eigenvalue weighted by Crippen LogP contribution is 2.40. The Morgan fingerprint density at radius 2 is 1.01 bits per heavy atom. The van der Waals surface area contributed by atoms with Gasteiger partial charge in [0.05, 0.1) is 70.8 Å². The van der Waals surface area contributed by atoms with Crippen LogP contribution >= 0.6 is 0 Å². The number of rotatable bonds is 26. The van der Waals surface area contributed by atoms with Gasteiger partial charge in [-0.05, 0) is 68.7 Å². The summed E-state index contributed by atoms with van der Waals surface area (Å²) in [7, 11) is 5.64. The Labute approximate surface area is 493 Å². The van der Waals surface area contributed by atoms with Crippen molar-refractivity contribution in [3.8, 4) is 34.0 Å². The maximum atomic E-state index is 13.1. The number of hydrogen-bond acceptors (Lipinski definition) is 18. The number of benzene rings is 4. The van der Waals surface area contributed by atoms with Gasteiger partial charge >= 0.3 is 20.4 Å². The molecule has 0 aliphatic heterocycles. The van der Waals surface area contributed by atoms with Crippen LogP contribution in [-0.2, 0) is 25.2 Å². The predicted molar refractivity (Wildman–Crippen MR) is 340 cm³/mol. The Hall–Kier alpha value is -8.33. The van der Waals surface area contributed by atoms with Gasteiger partial charge in [-0.3, -0.25) is 4.79 Å². The summed E-state index contributed by atoms with van der Waals surface area (Å²) in [5.41, 5.74) is 13.9. The summed E-state index contributed by atoms with van der Waals surface area (Å²) in [6.45, 7) is 19.4. The molecule has 0 atom stereocenters. The lowest BCUT2D eigenvalue weighted by Crippen LogP contribution is -2.33. The van der Waals surface area contributed by atoms with E-state index in [1.165, 1.54) is 46.5 Å². The average Bonchev–Trinajstić information content (AvgIpc) is 4.32. The molecule has 1 amide bonds. The number of nitrogens with one attached hydrogen (secondary N) is 3. The minimum atomic E-state index is -3.77. The number of likely N-dealkylation sites (N-methyl/N-ethyl adjacent to an activating group) is 4. The van der Waals surface area contributed by atoms with E-state index in [0.29, 0.717) is 73.7 Å². The number of fused-ring (bicyclic) bond motifs is 2. The third-order valence-electron chi connectivity index (χ3n) is 14.4. The highest BCUT2D eigenvalue weighted by Gasteiger charge is 2.25. The van der Waals surface area contributed by atoms with E-state index < -0.39 is 20.4 Å². The van der Waals surface area contributed by atoms with Crippen LogP contribution in [0.3, 0.4) is 0 Å². The van der Waals surface area contributed by atoms with Crippen LogP contribution < -0.4 is 41.0 Å². The van der Waals surface area contributed by atoms with Crippen LogP contribution in [0.15, 0.2) is 122 Å². The third kappa shape index (κ3) is 14.2. The molecule has 25 heteroatoms. The van der Waals surface area contributed by atoms with Crippen LogP contribution in [0.5, 0.6) is 11.5 Å². The summed E-state index contributed by atoms with van der Waals surface area (Å²) in [6.07, 6.45) is 7.60. The van der Waals surface area contributed by atoms with Crippen LogP contribution in [0, 0.1) is 0 Å². The summed E-state index contributed by atoms with van der Waals surface area (Å²) in [6, 6.07) is 25.4. The van der Waals surface area contributed by atoms with E-state index in [0.717, 1.165) is 78.8 Å². The Morgan fingerprint density at radius 3 is 1.43 bits per heavy atom. The molecule has 0 saturated carbocycles. The van der Waals surface area contributed by atoms with E-state index in [1.807, 2.05) is 62.6 Å². The second-order valence-corrected chi connectivity index (χ2v) is 23.9. The number of anilines is 8. The quantitative estimate of drug-likeness (QED) is 0.0294. The Morgan fingerprint density at radius 1 is 0.595 bits per heavy atom. The summed E-state index contributed by atoms with van der Waals surface area (Å²) >= 11 is 0. The molecule has 4 aromatic heterocycles. The number of ether oxygens (including phenoxy) is 2. The number of carbonyl (C=O) groups excluding carboxylic acids is 1. The van der Waals surface area contributed by atoms with Gasteiger partial charge in [-0.1, -0.05) is 70.7 Å². The minimum absolute atomic E-state index is 0.261. The van der Waals surface area contributed by atoms with Crippen LogP contribution in [0.25, 0.3) is 44.3 Å². The van der Waals surface area contributed by atoms with Crippen LogP contribution in [0.1, 0.15) is 27.7 Å². The van der Waals surface area contributed by atoms with Crippen molar-refractivity contribution in [2.75, 3.05) is 140 Å². The van der Waals surface area contributed by atoms with Crippen molar-refractivity contribution in [2.24, 2.45) is 0 Å². The smallest absolute Gasteiger partial charge is 0.307 e. The largest absolute Gasteiger partial charge is 0.494 e. The molecule has 0 spiro atoms. The molecule has 0 bridgehead atoms. The number of nitrogen functional groups attached to an aromatic ring is 1. The molecule has 4 heterocycles. The van der Waals surface area contributed by atoms with E-state index in [4.69, 9.17) is 25.2 Å². The topological polar surface area (TPSA) is 247 Å². The molecule has 0 aliphatic carbocycles. The van der Waals surface area contributed by atoms with Gasteiger partial charge in [0, 0.05) is 127 Å². The van der Waals surface area contributed by atoms with Crippen molar-refractivity contribution in [3.63, 3.8) is 0 Å². The van der Waals surface area contributed by atoms with Crippen LogP contribution in [0.4, 0.5) is 46.0 Å². The van der Waals surface area contributed by atoms with Gasteiger partial charge < -0.3 is 50.8 Å². The Kier molecular flexibility index (Phi) is 21.0. The van der Waals surface area contributed by atoms with E-state index in [-0.39, 0.29) is 11.9 Å². The first-order valence-electron chi connectivity index (χ1n) is 27.4. The molecule has 0 radical (unpaired) electrons. The molecule has 448 valence electrons. The number of para-hydroxylation sites is 2. The number of nitrogens with zero attached hydrogens (tertiary/aromatic N) is 12. The van der Waals surface area contributed by atoms with Crippen molar-refractivity contribution in [3.05, 3.63) is 122 Å². The van der Waals surface area contributed by atoms with Gasteiger partial charge in [-0.15, -0.1) is 0 Å². The third-order valence-corrected chi connectivity index (χ3v) is 17.8. The second-order valence-electron chi connectivity index (χ2n) is 19.8. The molecular formula is C59H78N16O7S2. The number of nitrogens with two attached hydrogens (primary N) is 1. The zero-order chi connectivity index (χ0) is 61.0. The zero-order valence-corrected chi connectivity index (χ0v) is 51.6. The summed E-state index contributed by atoms with van der Waals surface area (Å²) < 4.78 is 68.4. The maximum Gasteiger partial charge on any atom is 0.307 e. The van der Waals surface area contributed by atoms with E-state index in [1.54, 1.807) is 75.4 Å². The molecule has 23 nitrogen and oxygen atoms in total. The molecular weight excluding hydrogens is 1110 g/mol. The zero-order valence-electron chi connectivity index (χ0n) is 50.0. The fraction of sp³-hybridized carbons (Fsp3) is 0.339. The molecule has 0 aliphatic rings. The molecule has 0 fully saturated rings. The van der Waals surface area contributed by atoms with Crippen molar-refractivity contribution in [1.29, 1.82) is 0 Å². The van der Waals surface area contributed by atoms with E-state index >= 15 is 0 Å². The fourth-order valence-electron chi connectivity index (χ4n) is 9.34. The highest BCUT2D eigenvalue weighted by atomic mass is 32.2. The lowest BCUT2D eigenvalue weighted by atomic mass is 10.1. The minimum Gasteiger partial charge on any atom is -0.494 e. The monoisotopic (exact) mass is 1190 g/mol. The molecule has 4 aromatic carbocycles. The molecule has 8 rings (SSSR count). The summed E-state index contributed by atoms with van der Waals surface area (Å²) in [5.74, 6) is 1.36. The highest BCUT2D eigenvalue weighted by molar-refractivity contribution is 7.88. The van der Waals surface area contributed by atoms with Crippen LogP contribution in [-0.4, -0.2) is 178 Å². The van der Waals surface area contributed by atoms with Crippen molar-refractivity contribution >= 4 is 94.2 Å². The van der Waals surface area contributed by atoms with Gasteiger partial charge in [0.25, 0.3) is 0 Å². The molecule has 8 aromatic rings. The van der Waals surface area contributed by atoms with Crippen molar-refractivity contribution in [1.82, 2.24) is 46.3 Å². The van der Waals surface area contributed by atoms with Gasteiger partial charge in [0.15, 0.2) is 0 Å². The van der Waals surface area contributed by atoms with Crippen LogP contribution in [0.2, 0.25) is 0 Å². The summed E-state index contributed by atoms with van der Waals surface area (Å²) in [4.78, 5) is 39.5. The van der Waals surface area contributed by atoms with E-state index in [9.17, 15) is 21.6 Å². The Bertz CT molecular complexity index is 3820. The fourth-order valence-corrected chi connectivity index (χ4v) is 11.3. The van der Waals surface area contributed by atoms with Crippen molar-refractivity contribution < 1.29 is 31.1 Å². The Balaban J connectivity index is 0.000000242. The number of methoxy groups -OCH3 is 2. The first-order valence-corrected chi connectivity index (χ1v) is 30.2. The first-order chi connectivity index (χ1) is 40.1. The van der Waals surface area contributed by atoms with Gasteiger partial charge in [0.1, 0.15) is 11.5 Å². The lowest BCUT2D eigenvalue weighted by molar-refractivity contribution is -0.111. The molecule has 5 N–H and O–H groups in total. The predicted octanol–water partition coefficient (Wildman–Crippen LogP) is 8.27. The number of aromatic nitrogens is 6. The van der Waals surface area contributed by atoms with Gasteiger partial charge in [-0.2, -0.15) is 25.4 Å². The maximum absolute atomic E-state index is 13.1. The number of hydrogen-bond donors (Lipinski definition) is 4. The SMILES string of the molecule is C=CC(=O)Nc1cc(Nc2nccc(-c3cn(S(=O)(=O)N(C)C)c4ccccc34)n2)c(OC)cc1N(C)CCN(CC)CC.CCN(CC)CCN(C)c1cc(OC)c(Nc2nccc(-c3cn(S(=O)(=O)N(C)C)c4ccccc34)n2)cc1N. The van der Waals surface area contributed by atoms with Crippen molar-refractivity contribution in [2.45, 2.75) is 27.7 Å². The summed E-state index contributed by atoms with van der Waals surface area (Å²) in [5, 5.41) is 10.8. The lowest BCUT2D eigenvalue weighted by Gasteiger charge is -2.27. The number of carbonyl (C=O) groups is 1.